The van der Waals surface area contributed by atoms with Gasteiger partial charge in [-0.1, -0.05) is 30.3 Å². The minimum Gasteiger partial charge on any atom is -0.455 e. The van der Waals surface area contributed by atoms with Gasteiger partial charge in [0, 0.05) is 37.1 Å². The maximum absolute atomic E-state index is 14.7. The van der Waals surface area contributed by atoms with Gasteiger partial charge < -0.3 is 14.3 Å². The minimum absolute atomic E-state index is 0.0554. The molecule has 9 heteroatoms. The quantitative estimate of drug-likeness (QED) is 0.344. The highest BCUT2D eigenvalue weighted by atomic mass is 19.4. The van der Waals surface area contributed by atoms with E-state index in [2.05, 4.69) is 14.8 Å². The van der Waals surface area contributed by atoms with Crippen molar-refractivity contribution in [2.75, 3.05) is 6.54 Å². The Morgan fingerprint density at radius 3 is 2.64 bits per heavy atom. The monoisotopic (exact) mass is 497 g/mol. The van der Waals surface area contributed by atoms with Crippen LogP contribution in [0.25, 0.3) is 0 Å². The summed E-state index contributed by atoms with van der Waals surface area (Å²) in [6.07, 6.45) is -2.48. The molecular weight excluding hydrogens is 474 g/mol. The van der Waals surface area contributed by atoms with E-state index >= 15 is 0 Å². The lowest BCUT2D eigenvalue weighted by Gasteiger charge is -2.37. The summed E-state index contributed by atoms with van der Waals surface area (Å²) in [5, 5.41) is 2.60. The van der Waals surface area contributed by atoms with Crippen LogP contribution in [0.1, 0.15) is 44.7 Å². The van der Waals surface area contributed by atoms with Gasteiger partial charge in [0.15, 0.2) is 5.76 Å². The number of carbonyl (C=O) groups excluding carboxylic acids is 1. The van der Waals surface area contributed by atoms with Crippen LogP contribution in [-0.4, -0.2) is 21.9 Å². The molecule has 36 heavy (non-hydrogen) atoms. The van der Waals surface area contributed by atoms with Crippen LogP contribution in [-0.2, 0) is 25.8 Å². The number of amides is 1. The lowest BCUT2D eigenvalue weighted by atomic mass is 9.99. The van der Waals surface area contributed by atoms with Crippen LogP contribution < -0.4 is 5.32 Å². The van der Waals surface area contributed by atoms with Gasteiger partial charge in [0.25, 0.3) is 5.91 Å². The second kappa shape index (κ2) is 9.66. The molecule has 5 rings (SSSR count). The SMILES string of the molecule is O=C(NCc1cccc(C(F)(F)F)c1)c1ccc(CN2CCn3cccc3C2c2ccccc2F)o1. The van der Waals surface area contributed by atoms with E-state index in [1.54, 1.807) is 24.3 Å². The van der Waals surface area contributed by atoms with Crippen LogP contribution in [0.5, 0.6) is 0 Å². The zero-order valence-electron chi connectivity index (χ0n) is 19.1. The number of benzene rings is 2. The van der Waals surface area contributed by atoms with Crippen molar-refractivity contribution in [1.82, 2.24) is 14.8 Å². The molecule has 0 saturated heterocycles. The van der Waals surface area contributed by atoms with E-state index in [1.807, 2.05) is 18.3 Å². The molecule has 2 aromatic carbocycles. The molecule has 5 nitrogen and oxygen atoms in total. The first-order valence-electron chi connectivity index (χ1n) is 11.5. The molecule has 0 fully saturated rings. The fourth-order valence-electron chi connectivity index (χ4n) is 4.57. The van der Waals surface area contributed by atoms with Gasteiger partial charge in [0.05, 0.1) is 18.2 Å². The second-order valence-corrected chi connectivity index (χ2v) is 8.67. The highest BCUT2D eigenvalue weighted by molar-refractivity contribution is 5.91. The number of fused-ring (bicyclic) bond motifs is 1. The summed E-state index contributed by atoms with van der Waals surface area (Å²) in [7, 11) is 0. The number of rotatable bonds is 6. The van der Waals surface area contributed by atoms with Crippen molar-refractivity contribution >= 4 is 5.91 Å². The van der Waals surface area contributed by atoms with Crippen LogP contribution in [0.2, 0.25) is 0 Å². The van der Waals surface area contributed by atoms with E-state index in [0.29, 0.717) is 30.0 Å². The molecule has 4 aromatic rings. The van der Waals surface area contributed by atoms with Crippen LogP contribution >= 0.6 is 0 Å². The van der Waals surface area contributed by atoms with Crippen molar-refractivity contribution in [2.24, 2.45) is 0 Å². The third kappa shape index (κ3) is 4.92. The third-order valence-corrected chi connectivity index (χ3v) is 6.29. The van der Waals surface area contributed by atoms with Crippen LogP contribution in [0, 0.1) is 5.82 Å². The average Bonchev–Trinajstić information content (AvgIpc) is 3.53. The third-order valence-electron chi connectivity index (χ3n) is 6.29. The van der Waals surface area contributed by atoms with Crippen LogP contribution in [0.3, 0.4) is 0 Å². The van der Waals surface area contributed by atoms with Gasteiger partial charge in [0.2, 0.25) is 0 Å². The fraction of sp³-hybridized carbons (Fsp3) is 0.222. The maximum Gasteiger partial charge on any atom is 0.416 e. The first-order chi connectivity index (χ1) is 17.3. The molecule has 1 amide bonds. The molecule has 0 bridgehead atoms. The normalized spacial score (nSPS) is 16.1. The topological polar surface area (TPSA) is 50.4 Å². The summed E-state index contributed by atoms with van der Waals surface area (Å²) < 4.78 is 61.4. The molecule has 0 aliphatic carbocycles. The molecule has 186 valence electrons. The Balaban J connectivity index is 1.29. The van der Waals surface area contributed by atoms with Crippen LogP contribution in [0.4, 0.5) is 17.6 Å². The summed E-state index contributed by atoms with van der Waals surface area (Å²) in [5.41, 5.74) is 1.08. The lowest BCUT2D eigenvalue weighted by Crippen LogP contribution is -2.38. The Hall–Kier alpha value is -3.85. The number of hydrogen-bond acceptors (Lipinski definition) is 3. The largest absolute Gasteiger partial charge is 0.455 e. The molecule has 1 atom stereocenters. The van der Waals surface area contributed by atoms with Crippen molar-refractivity contribution < 1.29 is 26.8 Å². The number of nitrogens with one attached hydrogen (secondary N) is 1. The number of nitrogens with zero attached hydrogens (tertiary/aromatic N) is 2. The van der Waals surface area contributed by atoms with E-state index in [-0.39, 0.29) is 24.2 Å². The second-order valence-electron chi connectivity index (χ2n) is 8.67. The number of carbonyl (C=O) groups is 1. The molecular formula is C27H23F4N3O2. The fourth-order valence-corrected chi connectivity index (χ4v) is 4.57. The Kier molecular flexibility index (Phi) is 6.40. The predicted molar refractivity (Wildman–Crippen MR) is 124 cm³/mol. The maximum atomic E-state index is 14.7. The van der Waals surface area contributed by atoms with E-state index in [4.69, 9.17) is 4.42 Å². The zero-order valence-corrected chi connectivity index (χ0v) is 19.1. The lowest BCUT2D eigenvalue weighted by molar-refractivity contribution is -0.137. The summed E-state index contributed by atoms with van der Waals surface area (Å²) in [6.45, 7) is 1.67. The van der Waals surface area contributed by atoms with Crippen LogP contribution in [0.15, 0.2) is 83.4 Å². The van der Waals surface area contributed by atoms with Gasteiger partial charge in [-0.15, -0.1) is 0 Å². The van der Waals surface area contributed by atoms with Crippen molar-refractivity contribution in [3.05, 3.63) is 119 Å². The molecule has 1 unspecified atom stereocenters. The molecule has 1 aliphatic heterocycles. The summed E-state index contributed by atoms with van der Waals surface area (Å²) in [4.78, 5) is 14.7. The summed E-state index contributed by atoms with van der Waals surface area (Å²) in [5.74, 6) is -0.242. The Labute approximate surface area is 204 Å². The van der Waals surface area contributed by atoms with Crippen molar-refractivity contribution in [2.45, 2.75) is 31.9 Å². The zero-order chi connectivity index (χ0) is 25.3. The molecule has 0 radical (unpaired) electrons. The molecule has 0 spiro atoms. The van der Waals surface area contributed by atoms with Gasteiger partial charge in [-0.2, -0.15) is 13.2 Å². The molecule has 2 aromatic heterocycles. The van der Waals surface area contributed by atoms with E-state index in [1.165, 1.54) is 24.3 Å². The smallest absolute Gasteiger partial charge is 0.416 e. The van der Waals surface area contributed by atoms with Gasteiger partial charge in [0.1, 0.15) is 11.6 Å². The van der Waals surface area contributed by atoms with Gasteiger partial charge >= 0.3 is 6.18 Å². The highest BCUT2D eigenvalue weighted by Crippen LogP contribution is 2.35. The Morgan fingerprint density at radius 2 is 1.83 bits per heavy atom. The van der Waals surface area contributed by atoms with Gasteiger partial charge in [-0.3, -0.25) is 9.69 Å². The minimum atomic E-state index is -4.45. The van der Waals surface area contributed by atoms with E-state index in [9.17, 15) is 22.4 Å². The summed E-state index contributed by atoms with van der Waals surface area (Å²) in [6, 6.07) is 18.3. The summed E-state index contributed by atoms with van der Waals surface area (Å²) >= 11 is 0. The number of hydrogen-bond donors (Lipinski definition) is 1. The van der Waals surface area contributed by atoms with E-state index in [0.717, 1.165) is 24.4 Å². The van der Waals surface area contributed by atoms with Crippen molar-refractivity contribution in [3.63, 3.8) is 0 Å². The Morgan fingerprint density at radius 1 is 1.00 bits per heavy atom. The van der Waals surface area contributed by atoms with E-state index < -0.39 is 17.6 Å². The first kappa shape index (κ1) is 23.9. The predicted octanol–water partition coefficient (Wildman–Crippen LogP) is 5.77. The number of furan rings is 1. The number of halogens is 4. The number of aromatic nitrogens is 1. The molecule has 1 aliphatic rings. The molecule has 3 heterocycles. The van der Waals surface area contributed by atoms with Crippen molar-refractivity contribution in [3.8, 4) is 0 Å². The average molecular weight is 497 g/mol. The van der Waals surface area contributed by atoms with Gasteiger partial charge in [-0.05, 0) is 48.0 Å². The first-order valence-corrected chi connectivity index (χ1v) is 11.5. The molecule has 1 N–H and O–H groups in total. The standard InChI is InChI=1S/C27H23F4N3O2/c28-22-8-2-1-7-21(22)25-23-9-4-12-33(23)13-14-34(25)17-20-10-11-24(36-20)26(35)32-16-18-5-3-6-19(15-18)27(29,30)31/h1-12,15,25H,13-14,16-17H2,(H,32,35). The Bertz CT molecular complexity index is 1380. The number of alkyl halides is 3. The molecule has 0 saturated carbocycles. The highest BCUT2D eigenvalue weighted by Gasteiger charge is 2.32. The van der Waals surface area contributed by atoms with Crippen molar-refractivity contribution in [1.29, 1.82) is 0 Å². The van der Waals surface area contributed by atoms with Gasteiger partial charge in [-0.25, -0.2) is 4.39 Å².